The Labute approximate surface area is 207 Å². The lowest BCUT2D eigenvalue weighted by atomic mass is 9.97. The molecular weight excluding hydrogens is 468 g/mol. The number of hydrogen-bond donors (Lipinski definition) is 1. The summed E-state index contributed by atoms with van der Waals surface area (Å²) in [6.07, 6.45) is 7.41. The summed E-state index contributed by atoms with van der Waals surface area (Å²) in [6, 6.07) is 6.13. The number of nitrogen functional groups attached to an aromatic ring is 1. The molecule has 1 aliphatic carbocycles. The topological polar surface area (TPSA) is 90.6 Å². The molecule has 2 N–H and O–H groups in total. The van der Waals surface area contributed by atoms with Crippen molar-refractivity contribution >= 4 is 45.0 Å². The minimum atomic E-state index is 0.0581. The lowest BCUT2D eigenvalue weighted by Gasteiger charge is -2.25. The SMILES string of the molecule is Nc1nc(SCC(=O)N2CCCC2c2ccc3c(c2)OCCCO3)nc2sc3c(c12)CCCC3. The van der Waals surface area contributed by atoms with Crippen molar-refractivity contribution in [2.45, 2.75) is 56.1 Å². The van der Waals surface area contributed by atoms with Gasteiger partial charge in [-0.05, 0) is 61.8 Å². The number of aromatic nitrogens is 2. The van der Waals surface area contributed by atoms with Gasteiger partial charge in [-0.15, -0.1) is 11.3 Å². The Morgan fingerprint density at radius 2 is 1.97 bits per heavy atom. The number of rotatable bonds is 4. The number of carbonyl (C=O) groups is 1. The van der Waals surface area contributed by atoms with Crippen molar-refractivity contribution in [1.82, 2.24) is 14.9 Å². The van der Waals surface area contributed by atoms with Crippen LogP contribution in [0.3, 0.4) is 0 Å². The molecule has 34 heavy (non-hydrogen) atoms. The molecule has 4 heterocycles. The van der Waals surface area contributed by atoms with Crippen molar-refractivity contribution in [2.24, 2.45) is 0 Å². The standard InChI is InChI=1S/C25H28N4O3S2/c26-23-22-16-5-1-2-7-20(16)34-24(22)28-25(27-23)33-14-21(30)29-10-3-6-17(29)15-8-9-18-19(13-15)32-12-4-11-31-18/h8-9,13,17H,1-7,10-12,14H2,(H2,26,27,28). The molecule has 1 fully saturated rings. The maximum absolute atomic E-state index is 13.2. The summed E-state index contributed by atoms with van der Waals surface area (Å²) < 4.78 is 11.6. The van der Waals surface area contributed by atoms with Crippen molar-refractivity contribution in [3.63, 3.8) is 0 Å². The fraction of sp³-hybridized carbons (Fsp3) is 0.480. The van der Waals surface area contributed by atoms with Crippen molar-refractivity contribution in [3.8, 4) is 11.5 Å². The summed E-state index contributed by atoms with van der Waals surface area (Å²) in [6.45, 7) is 2.09. The van der Waals surface area contributed by atoms with Gasteiger partial charge in [0.25, 0.3) is 0 Å². The molecule has 0 radical (unpaired) electrons. The molecule has 0 saturated carbocycles. The van der Waals surface area contributed by atoms with Gasteiger partial charge in [-0.3, -0.25) is 4.79 Å². The summed E-state index contributed by atoms with van der Waals surface area (Å²) in [5, 5.41) is 1.62. The molecule has 0 spiro atoms. The van der Waals surface area contributed by atoms with Gasteiger partial charge in [-0.25, -0.2) is 9.97 Å². The molecule has 1 aromatic carbocycles. The molecule has 1 atom stereocenters. The van der Waals surface area contributed by atoms with Crippen molar-refractivity contribution in [3.05, 3.63) is 34.2 Å². The second-order valence-electron chi connectivity index (χ2n) is 9.07. The van der Waals surface area contributed by atoms with Crippen LogP contribution in [-0.2, 0) is 17.6 Å². The van der Waals surface area contributed by atoms with Crippen LogP contribution in [0.1, 0.15) is 54.1 Å². The number of nitrogens with two attached hydrogens (primary N) is 1. The minimum Gasteiger partial charge on any atom is -0.490 e. The van der Waals surface area contributed by atoms with Gasteiger partial charge < -0.3 is 20.1 Å². The normalized spacial score (nSPS) is 19.8. The predicted octanol–water partition coefficient (Wildman–Crippen LogP) is 4.77. The molecule has 7 nitrogen and oxygen atoms in total. The van der Waals surface area contributed by atoms with E-state index in [1.807, 2.05) is 17.0 Å². The lowest BCUT2D eigenvalue weighted by Crippen LogP contribution is -2.32. The van der Waals surface area contributed by atoms with Crippen LogP contribution >= 0.6 is 23.1 Å². The van der Waals surface area contributed by atoms with Crippen LogP contribution in [-0.4, -0.2) is 46.3 Å². The monoisotopic (exact) mass is 496 g/mol. The number of amides is 1. The van der Waals surface area contributed by atoms with E-state index in [9.17, 15) is 4.79 Å². The maximum Gasteiger partial charge on any atom is 0.233 e. The van der Waals surface area contributed by atoms with E-state index < -0.39 is 0 Å². The van der Waals surface area contributed by atoms with Gasteiger partial charge >= 0.3 is 0 Å². The summed E-state index contributed by atoms with van der Waals surface area (Å²) in [7, 11) is 0. The first-order chi connectivity index (χ1) is 16.7. The number of nitrogens with zero attached hydrogens (tertiary/aromatic N) is 3. The van der Waals surface area contributed by atoms with Crippen molar-refractivity contribution in [2.75, 3.05) is 31.2 Å². The van der Waals surface area contributed by atoms with Crippen LogP contribution in [0.25, 0.3) is 10.2 Å². The number of thiophene rings is 1. The number of thioether (sulfide) groups is 1. The minimum absolute atomic E-state index is 0.0581. The fourth-order valence-electron chi connectivity index (χ4n) is 5.24. The van der Waals surface area contributed by atoms with Gasteiger partial charge in [0.1, 0.15) is 10.6 Å². The molecule has 2 aliphatic heterocycles. The largest absolute Gasteiger partial charge is 0.490 e. The number of aryl methyl sites for hydroxylation is 2. The van der Waals surface area contributed by atoms with Gasteiger partial charge in [-0.2, -0.15) is 0 Å². The highest BCUT2D eigenvalue weighted by atomic mass is 32.2. The zero-order chi connectivity index (χ0) is 23.1. The zero-order valence-corrected chi connectivity index (χ0v) is 20.7. The van der Waals surface area contributed by atoms with Gasteiger partial charge in [0, 0.05) is 17.8 Å². The lowest BCUT2D eigenvalue weighted by molar-refractivity contribution is -0.129. The molecule has 1 saturated heterocycles. The van der Waals surface area contributed by atoms with Crippen LogP contribution in [0.5, 0.6) is 11.5 Å². The number of ether oxygens (including phenoxy) is 2. The second kappa shape index (κ2) is 9.26. The number of hydrogen-bond acceptors (Lipinski definition) is 8. The third kappa shape index (κ3) is 4.09. The molecule has 0 bridgehead atoms. The third-order valence-corrected chi connectivity index (χ3v) is 8.89. The predicted molar refractivity (Wildman–Crippen MR) is 135 cm³/mol. The first-order valence-corrected chi connectivity index (χ1v) is 13.9. The van der Waals surface area contributed by atoms with Crippen LogP contribution < -0.4 is 15.2 Å². The van der Waals surface area contributed by atoms with E-state index >= 15 is 0 Å². The van der Waals surface area contributed by atoms with E-state index in [-0.39, 0.29) is 11.9 Å². The van der Waals surface area contributed by atoms with Crippen molar-refractivity contribution < 1.29 is 14.3 Å². The van der Waals surface area contributed by atoms with E-state index in [1.165, 1.54) is 35.0 Å². The summed E-state index contributed by atoms with van der Waals surface area (Å²) >= 11 is 3.12. The quantitative estimate of drug-likeness (QED) is 0.411. The maximum atomic E-state index is 13.2. The molecule has 1 unspecified atom stereocenters. The third-order valence-electron chi connectivity index (χ3n) is 6.88. The Balaban J connectivity index is 1.17. The highest BCUT2D eigenvalue weighted by molar-refractivity contribution is 7.99. The zero-order valence-electron chi connectivity index (χ0n) is 19.0. The molecule has 9 heteroatoms. The molecule has 3 aromatic rings. The van der Waals surface area contributed by atoms with Crippen LogP contribution in [0.2, 0.25) is 0 Å². The van der Waals surface area contributed by atoms with Crippen LogP contribution in [0.4, 0.5) is 5.82 Å². The number of anilines is 1. The first kappa shape index (κ1) is 22.0. The van der Waals surface area contributed by atoms with E-state index in [1.54, 1.807) is 11.3 Å². The van der Waals surface area contributed by atoms with Gasteiger partial charge in [0.2, 0.25) is 5.91 Å². The summed E-state index contributed by atoms with van der Waals surface area (Å²) in [5.74, 6) is 2.52. The number of fused-ring (bicyclic) bond motifs is 4. The molecule has 6 rings (SSSR count). The average molecular weight is 497 g/mol. The Hall–Kier alpha value is -2.52. The fourth-order valence-corrected chi connectivity index (χ4v) is 7.30. The smallest absolute Gasteiger partial charge is 0.233 e. The van der Waals surface area contributed by atoms with E-state index in [0.29, 0.717) is 29.9 Å². The highest BCUT2D eigenvalue weighted by Gasteiger charge is 2.31. The number of likely N-dealkylation sites (tertiary alicyclic amines) is 1. The van der Waals surface area contributed by atoms with E-state index in [2.05, 4.69) is 11.1 Å². The summed E-state index contributed by atoms with van der Waals surface area (Å²) in [5.41, 5.74) is 8.79. The van der Waals surface area contributed by atoms with Crippen LogP contribution in [0, 0.1) is 0 Å². The van der Waals surface area contributed by atoms with Gasteiger partial charge in [0.05, 0.1) is 30.4 Å². The number of benzene rings is 1. The van der Waals surface area contributed by atoms with E-state index in [4.69, 9.17) is 20.2 Å². The van der Waals surface area contributed by atoms with Crippen LogP contribution in [0.15, 0.2) is 23.4 Å². The molecule has 1 amide bonds. The average Bonchev–Trinajstić information content (AvgIpc) is 3.41. The molecule has 178 valence electrons. The van der Waals surface area contributed by atoms with Gasteiger partial charge in [-0.1, -0.05) is 17.8 Å². The second-order valence-corrected chi connectivity index (χ2v) is 11.1. The first-order valence-electron chi connectivity index (χ1n) is 12.1. The summed E-state index contributed by atoms with van der Waals surface area (Å²) in [4.78, 5) is 26.9. The highest BCUT2D eigenvalue weighted by Crippen LogP contribution is 2.40. The Kier molecular flexibility index (Phi) is 5.99. The van der Waals surface area contributed by atoms with Crippen molar-refractivity contribution in [1.29, 1.82) is 0 Å². The Bertz CT molecular complexity index is 1240. The number of carbonyl (C=O) groups excluding carboxylic acids is 1. The Morgan fingerprint density at radius 3 is 2.88 bits per heavy atom. The molecule has 3 aliphatic rings. The van der Waals surface area contributed by atoms with Gasteiger partial charge in [0.15, 0.2) is 16.7 Å². The van der Waals surface area contributed by atoms with E-state index in [0.717, 1.165) is 65.9 Å². The molecular formula is C25H28N4O3S2. The molecule has 2 aromatic heterocycles. The Morgan fingerprint density at radius 1 is 1.12 bits per heavy atom.